The zero-order valence-electron chi connectivity index (χ0n) is 8.57. The lowest BCUT2D eigenvalue weighted by atomic mass is 10.1. The third-order valence-electron chi connectivity index (χ3n) is 2.42. The Bertz CT molecular complexity index is 687. The van der Waals surface area contributed by atoms with E-state index in [1.807, 2.05) is 5.38 Å². The summed E-state index contributed by atoms with van der Waals surface area (Å²) in [5.41, 5.74) is 1.42. The number of aromatic nitrogens is 3. The highest BCUT2D eigenvalue weighted by Crippen LogP contribution is 2.26. The van der Waals surface area contributed by atoms with Gasteiger partial charge in [0.15, 0.2) is 10.7 Å². The number of rotatable bonds is 2. The lowest BCUT2D eigenvalue weighted by molar-refractivity contribution is 0.0690. The third kappa shape index (κ3) is 1.50. The normalized spacial score (nSPS) is 10.8. The Morgan fingerprint density at radius 3 is 2.82 bits per heavy atom. The topological polar surface area (TPSA) is 67.5 Å². The summed E-state index contributed by atoms with van der Waals surface area (Å²) >= 11 is 1.41. The Morgan fingerprint density at radius 2 is 2.12 bits per heavy atom. The van der Waals surface area contributed by atoms with Crippen LogP contribution in [0.4, 0.5) is 0 Å². The fourth-order valence-corrected chi connectivity index (χ4v) is 2.42. The second-order valence-corrected chi connectivity index (χ2v) is 4.28. The van der Waals surface area contributed by atoms with Crippen molar-refractivity contribution < 1.29 is 9.90 Å². The quantitative estimate of drug-likeness (QED) is 0.751. The molecule has 0 saturated heterocycles. The lowest BCUT2D eigenvalue weighted by Crippen LogP contribution is -2.02. The predicted molar refractivity (Wildman–Crippen MR) is 63.3 cm³/mol. The Hall–Kier alpha value is -2.21. The van der Waals surface area contributed by atoms with E-state index < -0.39 is 5.97 Å². The highest BCUT2D eigenvalue weighted by molar-refractivity contribution is 7.15. The van der Waals surface area contributed by atoms with E-state index in [1.54, 1.807) is 35.1 Å². The van der Waals surface area contributed by atoms with Crippen molar-refractivity contribution in [3.63, 3.8) is 0 Å². The molecule has 3 aromatic rings. The summed E-state index contributed by atoms with van der Waals surface area (Å²) in [5.74, 6) is -0.984. The number of carbonyl (C=O) groups is 1. The largest absolute Gasteiger partial charge is 0.476 e. The molecule has 0 fully saturated rings. The van der Waals surface area contributed by atoms with Gasteiger partial charge in [-0.3, -0.25) is 9.38 Å². The van der Waals surface area contributed by atoms with Gasteiger partial charge in [0.1, 0.15) is 5.69 Å². The van der Waals surface area contributed by atoms with Crippen LogP contribution in [0, 0.1) is 0 Å². The van der Waals surface area contributed by atoms with Crippen LogP contribution in [0.1, 0.15) is 10.5 Å². The minimum absolute atomic E-state index is 0.187. The number of carboxylic acid groups (broad SMARTS) is 1. The maximum absolute atomic E-state index is 11.3. The molecule has 0 bridgehead atoms. The van der Waals surface area contributed by atoms with Crippen LogP contribution in [0.15, 0.2) is 36.1 Å². The van der Waals surface area contributed by atoms with Crippen molar-refractivity contribution in [3.8, 4) is 11.3 Å². The van der Waals surface area contributed by atoms with Crippen molar-refractivity contribution in [2.24, 2.45) is 0 Å². The van der Waals surface area contributed by atoms with Crippen LogP contribution in [-0.4, -0.2) is 25.4 Å². The minimum Gasteiger partial charge on any atom is -0.476 e. The first-order chi connectivity index (χ1) is 8.27. The van der Waals surface area contributed by atoms with Gasteiger partial charge in [-0.1, -0.05) is 0 Å². The maximum Gasteiger partial charge on any atom is 0.355 e. The first-order valence-electron chi connectivity index (χ1n) is 4.86. The van der Waals surface area contributed by atoms with Gasteiger partial charge < -0.3 is 5.11 Å². The van der Waals surface area contributed by atoms with E-state index in [4.69, 9.17) is 0 Å². The summed E-state index contributed by atoms with van der Waals surface area (Å²) in [5, 5.41) is 11.1. The van der Waals surface area contributed by atoms with E-state index >= 15 is 0 Å². The Morgan fingerprint density at radius 1 is 1.35 bits per heavy atom. The number of aromatic carboxylic acids is 1. The number of pyridine rings is 1. The molecule has 0 aliphatic carbocycles. The average Bonchev–Trinajstić information content (AvgIpc) is 2.88. The highest BCUT2D eigenvalue weighted by atomic mass is 32.1. The number of hydrogen-bond acceptors (Lipinski definition) is 4. The van der Waals surface area contributed by atoms with Crippen LogP contribution in [0.2, 0.25) is 0 Å². The first-order valence-corrected chi connectivity index (χ1v) is 5.74. The smallest absolute Gasteiger partial charge is 0.355 e. The zero-order valence-corrected chi connectivity index (χ0v) is 9.39. The van der Waals surface area contributed by atoms with E-state index in [9.17, 15) is 9.90 Å². The Kier molecular flexibility index (Phi) is 2.15. The second kappa shape index (κ2) is 3.67. The summed E-state index contributed by atoms with van der Waals surface area (Å²) in [7, 11) is 0. The van der Waals surface area contributed by atoms with Gasteiger partial charge in [-0.2, -0.15) is 0 Å². The molecular weight excluding hydrogens is 238 g/mol. The van der Waals surface area contributed by atoms with Crippen molar-refractivity contribution in [2.45, 2.75) is 0 Å². The summed E-state index contributed by atoms with van der Waals surface area (Å²) in [6, 6.07) is 3.50. The van der Waals surface area contributed by atoms with E-state index in [-0.39, 0.29) is 5.69 Å². The van der Waals surface area contributed by atoms with E-state index in [1.165, 1.54) is 11.3 Å². The van der Waals surface area contributed by atoms with E-state index in [2.05, 4.69) is 9.97 Å². The van der Waals surface area contributed by atoms with Crippen LogP contribution in [-0.2, 0) is 0 Å². The molecule has 0 unspecified atom stereocenters. The predicted octanol–water partition coefficient (Wildman–Crippen LogP) is 2.16. The molecule has 5 nitrogen and oxygen atoms in total. The maximum atomic E-state index is 11.3. The summed E-state index contributed by atoms with van der Waals surface area (Å²) in [6.45, 7) is 0. The molecular formula is C11H7N3O2S. The Labute approximate surface area is 100 Å². The second-order valence-electron chi connectivity index (χ2n) is 3.41. The fraction of sp³-hybridized carbons (Fsp3) is 0. The molecule has 6 heteroatoms. The molecule has 0 spiro atoms. The number of carboxylic acids is 1. The number of hydrogen-bond donors (Lipinski definition) is 1. The monoisotopic (exact) mass is 245 g/mol. The molecule has 0 radical (unpaired) electrons. The standard InChI is InChI=1S/C11H7N3O2S/c15-10(16)9-8(7-1-3-12-4-2-7)13-11-14(9)5-6-17-11/h1-6H,(H,15,16). The van der Waals surface area contributed by atoms with Gasteiger partial charge in [0.2, 0.25) is 0 Å². The van der Waals surface area contributed by atoms with Crippen molar-refractivity contribution in [3.05, 3.63) is 41.8 Å². The molecule has 0 aromatic carbocycles. The number of nitrogens with zero attached hydrogens (tertiary/aromatic N) is 3. The van der Waals surface area contributed by atoms with Crippen LogP contribution in [0.3, 0.4) is 0 Å². The van der Waals surface area contributed by atoms with Crippen molar-refractivity contribution in [1.29, 1.82) is 0 Å². The van der Waals surface area contributed by atoms with E-state index in [0.29, 0.717) is 10.7 Å². The number of fused-ring (bicyclic) bond motifs is 1. The van der Waals surface area contributed by atoms with Gasteiger partial charge in [-0.05, 0) is 12.1 Å². The summed E-state index contributed by atoms with van der Waals surface area (Å²) in [6.07, 6.45) is 4.95. The van der Waals surface area contributed by atoms with Gasteiger partial charge in [-0.15, -0.1) is 11.3 Å². The highest BCUT2D eigenvalue weighted by Gasteiger charge is 2.20. The molecule has 1 N–H and O–H groups in total. The van der Waals surface area contributed by atoms with Crippen LogP contribution in [0.25, 0.3) is 16.2 Å². The Balaban J connectivity index is 2.33. The molecule has 84 valence electrons. The summed E-state index contributed by atoms with van der Waals surface area (Å²) in [4.78, 5) is 20.2. The molecule has 3 heterocycles. The lowest BCUT2D eigenvalue weighted by Gasteiger charge is -1.98. The van der Waals surface area contributed by atoms with Crippen molar-refractivity contribution in [2.75, 3.05) is 0 Å². The van der Waals surface area contributed by atoms with Gasteiger partial charge in [0, 0.05) is 29.5 Å². The van der Waals surface area contributed by atoms with Crippen molar-refractivity contribution in [1.82, 2.24) is 14.4 Å². The fourth-order valence-electron chi connectivity index (χ4n) is 1.70. The van der Waals surface area contributed by atoms with Gasteiger partial charge in [0.25, 0.3) is 0 Å². The molecule has 17 heavy (non-hydrogen) atoms. The average molecular weight is 245 g/mol. The molecule has 0 amide bonds. The number of thiazole rings is 1. The molecule has 0 saturated carbocycles. The van der Waals surface area contributed by atoms with Gasteiger partial charge in [-0.25, -0.2) is 9.78 Å². The molecule has 3 rings (SSSR count). The third-order valence-corrected chi connectivity index (χ3v) is 3.18. The van der Waals surface area contributed by atoms with Crippen molar-refractivity contribution >= 4 is 22.3 Å². The van der Waals surface area contributed by atoms with Crippen LogP contribution >= 0.6 is 11.3 Å². The van der Waals surface area contributed by atoms with Crippen LogP contribution < -0.4 is 0 Å². The summed E-state index contributed by atoms with van der Waals surface area (Å²) < 4.78 is 1.59. The first kappa shape index (κ1) is 9.98. The van der Waals surface area contributed by atoms with Crippen LogP contribution in [0.5, 0.6) is 0 Å². The molecule has 0 aliphatic rings. The SMILES string of the molecule is O=C(O)c1c(-c2ccncc2)nc2sccn12. The molecule has 0 atom stereocenters. The number of imidazole rings is 1. The minimum atomic E-state index is -0.984. The van der Waals surface area contributed by atoms with E-state index in [0.717, 1.165) is 5.56 Å². The van der Waals surface area contributed by atoms with Gasteiger partial charge >= 0.3 is 5.97 Å². The molecule has 3 aromatic heterocycles. The van der Waals surface area contributed by atoms with Gasteiger partial charge in [0.05, 0.1) is 0 Å². The zero-order chi connectivity index (χ0) is 11.8. The molecule has 0 aliphatic heterocycles.